The van der Waals surface area contributed by atoms with Gasteiger partial charge in [0.25, 0.3) is 0 Å². The zero-order chi connectivity index (χ0) is 13.0. The maximum atomic E-state index is 4.27. The molecule has 0 bridgehead atoms. The van der Waals surface area contributed by atoms with Crippen LogP contribution in [0.2, 0.25) is 0 Å². The molecule has 2 heterocycles. The smallest absolute Gasteiger partial charge is 0.0442 e. The topological polar surface area (TPSA) is 28.2 Å². The van der Waals surface area contributed by atoms with Gasteiger partial charge >= 0.3 is 0 Å². The first-order valence-electron chi connectivity index (χ1n) is 7.08. The summed E-state index contributed by atoms with van der Waals surface area (Å²) in [5.74, 6) is 0.875. The van der Waals surface area contributed by atoms with Gasteiger partial charge in [-0.1, -0.05) is 20.8 Å². The zero-order valence-electron chi connectivity index (χ0n) is 11.8. The van der Waals surface area contributed by atoms with Crippen LogP contribution in [-0.2, 0) is 6.54 Å². The van der Waals surface area contributed by atoms with E-state index in [1.165, 1.54) is 37.2 Å². The molecule has 3 heteroatoms. The first-order chi connectivity index (χ1) is 8.66. The summed E-state index contributed by atoms with van der Waals surface area (Å²) < 4.78 is 0. The molecule has 1 aliphatic rings. The quantitative estimate of drug-likeness (QED) is 0.887. The third kappa shape index (κ3) is 3.45. The van der Waals surface area contributed by atoms with Crippen LogP contribution in [0, 0.1) is 5.92 Å². The van der Waals surface area contributed by atoms with Crippen LogP contribution < -0.4 is 10.2 Å². The summed E-state index contributed by atoms with van der Waals surface area (Å²) in [5.41, 5.74) is 2.69. The van der Waals surface area contributed by atoms with Crippen LogP contribution >= 0.6 is 0 Å². The lowest BCUT2D eigenvalue weighted by atomic mass is 9.98. The number of hydrogen-bond donors (Lipinski definition) is 1. The van der Waals surface area contributed by atoms with Crippen LogP contribution in [-0.4, -0.2) is 24.1 Å². The predicted octanol–water partition coefficient (Wildman–Crippen LogP) is 2.82. The van der Waals surface area contributed by atoms with Crippen molar-refractivity contribution in [3.05, 3.63) is 24.0 Å². The highest BCUT2D eigenvalue weighted by atomic mass is 15.1. The Labute approximate surface area is 111 Å². The standard InChI is InChI=1S/C15H25N3/c1-12(2)17-11-14-10-16-7-4-15(14)18-8-5-13(3)6-9-18/h4,7,10,12-13,17H,5-6,8-9,11H2,1-3H3. The largest absolute Gasteiger partial charge is 0.371 e. The first kappa shape index (κ1) is 13.3. The van der Waals surface area contributed by atoms with Crippen molar-refractivity contribution in [2.24, 2.45) is 5.92 Å². The van der Waals surface area contributed by atoms with Gasteiger partial charge in [-0.25, -0.2) is 0 Å². The molecule has 1 aromatic rings. The summed E-state index contributed by atoms with van der Waals surface area (Å²) in [6.45, 7) is 9.98. The van der Waals surface area contributed by atoms with Gasteiger partial charge in [0.15, 0.2) is 0 Å². The predicted molar refractivity (Wildman–Crippen MR) is 76.8 cm³/mol. The second kappa shape index (κ2) is 6.19. The first-order valence-corrected chi connectivity index (χ1v) is 7.08. The molecule has 0 amide bonds. The van der Waals surface area contributed by atoms with Crippen molar-refractivity contribution in [1.82, 2.24) is 10.3 Å². The Kier molecular flexibility index (Phi) is 4.59. The number of nitrogens with one attached hydrogen (secondary N) is 1. The highest BCUT2D eigenvalue weighted by Gasteiger charge is 2.18. The van der Waals surface area contributed by atoms with Crippen molar-refractivity contribution >= 4 is 5.69 Å². The van der Waals surface area contributed by atoms with Gasteiger partial charge in [-0.3, -0.25) is 4.98 Å². The summed E-state index contributed by atoms with van der Waals surface area (Å²) in [6.07, 6.45) is 6.52. The van der Waals surface area contributed by atoms with Gasteiger partial charge in [0.1, 0.15) is 0 Å². The molecule has 3 nitrogen and oxygen atoms in total. The molecule has 0 atom stereocenters. The fourth-order valence-electron chi connectivity index (χ4n) is 2.43. The lowest BCUT2D eigenvalue weighted by Gasteiger charge is -2.33. The van der Waals surface area contributed by atoms with Gasteiger partial charge in [0.05, 0.1) is 0 Å². The molecule has 18 heavy (non-hydrogen) atoms. The van der Waals surface area contributed by atoms with Crippen molar-refractivity contribution < 1.29 is 0 Å². The number of nitrogens with zero attached hydrogens (tertiary/aromatic N) is 2. The Morgan fingerprint density at radius 1 is 1.39 bits per heavy atom. The molecule has 1 aromatic heterocycles. The molecule has 1 aliphatic heterocycles. The van der Waals surface area contributed by atoms with Crippen molar-refractivity contribution in [3.63, 3.8) is 0 Å². The molecule has 100 valence electrons. The van der Waals surface area contributed by atoms with Gasteiger partial charge < -0.3 is 10.2 Å². The van der Waals surface area contributed by atoms with E-state index >= 15 is 0 Å². The maximum Gasteiger partial charge on any atom is 0.0442 e. The molecule has 2 rings (SSSR count). The van der Waals surface area contributed by atoms with Crippen LogP contribution in [0.1, 0.15) is 39.2 Å². The average molecular weight is 247 g/mol. The summed E-state index contributed by atoms with van der Waals surface area (Å²) >= 11 is 0. The number of anilines is 1. The molecular formula is C15H25N3. The van der Waals surface area contributed by atoms with Crippen molar-refractivity contribution in [2.45, 2.75) is 46.2 Å². The lowest BCUT2D eigenvalue weighted by molar-refractivity contribution is 0.437. The van der Waals surface area contributed by atoms with Gasteiger partial charge in [-0.15, -0.1) is 0 Å². The molecule has 0 unspecified atom stereocenters. The minimum Gasteiger partial charge on any atom is -0.371 e. The normalized spacial score (nSPS) is 17.4. The van der Waals surface area contributed by atoms with Crippen molar-refractivity contribution in [3.8, 4) is 0 Å². The summed E-state index contributed by atoms with van der Waals surface area (Å²) in [7, 11) is 0. The number of rotatable bonds is 4. The second-order valence-electron chi connectivity index (χ2n) is 5.71. The van der Waals surface area contributed by atoms with Crippen LogP contribution in [0.15, 0.2) is 18.5 Å². The maximum absolute atomic E-state index is 4.27. The van der Waals surface area contributed by atoms with Gasteiger partial charge in [0, 0.05) is 49.3 Å². The molecule has 0 aromatic carbocycles. The molecule has 0 saturated carbocycles. The van der Waals surface area contributed by atoms with E-state index in [0.717, 1.165) is 12.5 Å². The summed E-state index contributed by atoms with van der Waals surface area (Å²) in [6, 6.07) is 2.67. The summed E-state index contributed by atoms with van der Waals surface area (Å²) in [5, 5.41) is 3.48. The Morgan fingerprint density at radius 2 is 2.11 bits per heavy atom. The Bertz CT molecular complexity index is 368. The van der Waals surface area contributed by atoms with E-state index in [1.54, 1.807) is 0 Å². The number of hydrogen-bond acceptors (Lipinski definition) is 3. The fourth-order valence-corrected chi connectivity index (χ4v) is 2.43. The monoisotopic (exact) mass is 247 g/mol. The van der Waals surface area contributed by atoms with Crippen LogP contribution in [0.25, 0.3) is 0 Å². The highest BCUT2D eigenvalue weighted by molar-refractivity contribution is 5.52. The Morgan fingerprint density at radius 3 is 2.78 bits per heavy atom. The van der Waals surface area contributed by atoms with Gasteiger partial charge in [-0.05, 0) is 24.8 Å². The Hall–Kier alpha value is -1.09. The average Bonchev–Trinajstić information content (AvgIpc) is 2.38. The van der Waals surface area contributed by atoms with E-state index < -0.39 is 0 Å². The molecule has 1 fully saturated rings. The second-order valence-corrected chi connectivity index (χ2v) is 5.71. The van der Waals surface area contributed by atoms with Crippen LogP contribution in [0.5, 0.6) is 0 Å². The molecular weight excluding hydrogens is 222 g/mol. The number of pyridine rings is 1. The van der Waals surface area contributed by atoms with E-state index in [9.17, 15) is 0 Å². The third-order valence-corrected chi connectivity index (χ3v) is 3.70. The van der Waals surface area contributed by atoms with Gasteiger partial charge in [0.2, 0.25) is 0 Å². The van der Waals surface area contributed by atoms with Crippen molar-refractivity contribution in [1.29, 1.82) is 0 Å². The number of aromatic nitrogens is 1. The van der Waals surface area contributed by atoms with E-state index in [-0.39, 0.29) is 0 Å². The Balaban J connectivity index is 2.07. The summed E-state index contributed by atoms with van der Waals surface area (Å²) in [4.78, 5) is 6.78. The molecule has 1 saturated heterocycles. The van der Waals surface area contributed by atoms with Crippen molar-refractivity contribution in [2.75, 3.05) is 18.0 Å². The molecule has 0 radical (unpaired) electrons. The minimum atomic E-state index is 0.513. The zero-order valence-corrected chi connectivity index (χ0v) is 11.8. The fraction of sp³-hybridized carbons (Fsp3) is 0.667. The van der Waals surface area contributed by atoms with Crippen LogP contribution in [0.3, 0.4) is 0 Å². The van der Waals surface area contributed by atoms with E-state index in [4.69, 9.17) is 0 Å². The SMILES string of the molecule is CC1CCN(c2ccncc2CNC(C)C)CC1. The van der Waals surface area contributed by atoms with E-state index in [0.29, 0.717) is 6.04 Å². The molecule has 0 aliphatic carbocycles. The third-order valence-electron chi connectivity index (χ3n) is 3.70. The molecule has 0 spiro atoms. The van der Waals surface area contributed by atoms with E-state index in [1.807, 2.05) is 12.4 Å². The molecule has 1 N–H and O–H groups in total. The minimum absolute atomic E-state index is 0.513. The highest BCUT2D eigenvalue weighted by Crippen LogP contribution is 2.25. The van der Waals surface area contributed by atoms with E-state index in [2.05, 4.69) is 42.0 Å². The number of piperidine rings is 1. The lowest BCUT2D eigenvalue weighted by Crippen LogP contribution is -2.34. The van der Waals surface area contributed by atoms with Crippen LogP contribution in [0.4, 0.5) is 5.69 Å². The van der Waals surface area contributed by atoms with Gasteiger partial charge in [-0.2, -0.15) is 0 Å².